The first-order valence-electron chi connectivity index (χ1n) is 7.08. The van der Waals surface area contributed by atoms with Crippen LogP contribution < -0.4 is 10.6 Å². The van der Waals surface area contributed by atoms with Crippen molar-refractivity contribution >= 4 is 17.4 Å². The maximum Gasteiger partial charge on any atom is 0.126 e. The molecule has 1 aromatic heterocycles. The third-order valence-electron chi connectivity index (χ3n) is 3.44. The highest BCUT2D eigenvalue weighted by molar-refractivity contribution is 6.30. The van der Waals surface area contributed by atoms with Crippen LogP contribution >= 0.6 is 11.6 Å². The van der Waals surface area contributed by atoms with Gasteiger partial charge in [-0.3, -0.25) is 0 Å². The summed E-state index contributed by atoms with van der Waals surface area (Å²) in [5.74, 6) is 0.927. The van der Waals surface area contributed by atoms with E-state index in [0.29, 0.717) is 17.1 Å². The van der Waals surface area contributed by atoms with Gasteiger partial charge in [0.1, 0.15) is 5.82 Å². The molecule has 0 spiro atoms. The molecule has 1 fully saturated rings. The van der Waals surface area contributed by atoms with Crippen LogP contribution in [0.5, 0.6) is 0 Å². The van der Waals surface area contributed by atoms with Gasteiger partial charge in [-0.15, -0.1) is 0 Å². The molecule has 1 aliphatic rings. The molecule has 4 heteroatoms. The lowest BCUT2D eigenvalue weighted by molar-refractivity contribution is 0.286. The standard InChI is InChI=1S/C15H24ClN3/c1-15(2,3)19-13-7-5-12(6-8-13)18-14-9-4-11(16)10-17-14/h4,9-10,12-13,19H,5-8H2,1-3H3,(H,17,18). The van der Waals surface area contributed by atoms with Crippen LogP contribution in [0.4, 0.5) is 5.82 Å². The van der Waals surface area contributed by atoms with E-state index in [4.69, 9.17) is 11.6 Å². The summed E-state index contributed by atoms with van der Waals surface area (Å²) in [7, 11) is 0. The van der Waals surface area contributed by atoms with E-state index in [1.165, 1.54) is 25.7 Å². The highest BCUT2D eigenvalue weighted by Crippen LogP contribution is 2.23. The van der Waals surface area contributed by atoms with Crippen molar-refractivity contribution in [2.45, 2.75) is 64.1 Å². The molecule has 0 saturated heterocycles. The van der Waals surface area contributed by atoms with Crippen molar-refractivity contribution in [1.29, 1.82) is 0 Å². The lowest BCUT2D eigenvalue weighted by atomic mass is 9.89. The molecule has 0 amide bonds. The van der Waals surface area contributed by atoms with Crippen molar-refractivity contribution < 1.29 is 0 Å². The summed E-state index contributed by atoms with van der Waals surface area (Å²) in [6, 6.07) is 5.01. The molecule has 1 saturated carbocycles. The number of halogens is 1. The van der Waals surface area contributed by atoms with Gasteiger partial charge in [-0.2, -0.15) is 0 Å². The molecule has 1 heterocycles. The van der Waals surface area contributed by atoms with E-state index in [2.05, 4.69) is 36.4 Å². The Balaban J connectivity index is 1.79. The summed E-state index contributed by atoms with van der Waals surface area (Å²) >= 11 is 5.84. The maximum atomic E-state index is 5.84. The molecule has 0 atom stereocenters. The summed E-state index contributed by atoms with van der Waals surface area (Å²) < 4.78 is 0. The van der Waals surface area contributed by atoms with E-state index in [9.17, 15) is 0 Å². The van der Waals surface area contributed by atoms with Gasteiger partial charge < -0.3 is 10.6 Å². The van der Waals surface area contributed by atoms with Crippen LogP contribution in [0.2, 0.25) is 5.02 Å². The average Bonchev–Trinajstić information content (AvgIpc) is 2.33. The van der Waals surface area contributed by atoms with Crippen LogP contribution in [-0.4, -0.2) is 22.6 Å². The highest BCUT2D eigenvalue weighted by atomic mass is 35.5. The van der Waals surface area contributed by atoms with Crippen molar-refractivity contribution in [3.05, 3.63) is 23.4 Å². The lowest BCUT2D eigenvalue weighted by Crippen LogP contribution is -2.46. The van der Waals surface area contributed by atoms with Crippen molar-refractivity contribution in [1.82, 2.24) is 10.3 Å². The molecular weight excluding hydrogens is 258 g/mol. The van der Waals surface area contributed by atoms with Gasteiger partial charge in [0.05, 0.1) is 5.02 Å². The van der Waals surface area contributed by atoms with Crippen molar-refractivity contribution in [2.24, 2.45) is 0 Å². The molecule has 0 bridgehead atoms. The maximum absolute atomic E-state index is 5.84. The summed E-state index contributed by atoms with van der Waals surface area (Å²) in [5, 5.41) is 7.87. The first-order valence-corrected chi connectivity index (χ1v) is 7.46. The van der Waals surface area contributed by atoms with Gasteiger partial charge in [0, 0.05) is 23.8 Å². The average molecular weight is 282 g/mol. The molecule has 3 nitrogen and oxygen atoms in total. The first kappa shape index (κ1) is 14.6. The lowest BCUT2D eigenvalue weighted by Gasteiger charge is -2.34. The molecule has 2 rings (SSSR count). The summed E-state index contributed by atoms with van der Waals surface area (Å²) in [4.78, 5) is 4.29. The smallest absolute Gasteiger partial charge is 0.126 e. The zero-order valence-corrected chi connectivity index (χ0v) is 12.8. The third kappa shape index (κ3) is 5.00. The largest absolute Gasteiger partial charge is 0.367 e. The number of aromatic nitrogens is 1. The molecule has 0 radical (unpaired) electrons. The van der Waals surface area contributed by atoms with Gasteiger partial charge in [0.25, 0.3) is 0 Å². The number of rotatable bonds is 3. The van der Waals surface area contributed by atoms with E-state index in [-0.39, 0.29) is 5.54 Å². The predicted octanol–water partition coefficient (Wildman–Crippen LogP) is 3.85. The molecule has 1 aromatic rings. The fourth-order valence-electron chi connectivity index (χ4n) is 2.66. The predicted molar refractivity (Wildman–Crippen MR) is 81.8 cm³/mol. The molecule has 0 aromatic carbocycles. The summed E-state index contributed by atoms with van der Waals surface area (Å²) in [6.45, 7) is 6.69. The fourth-order valence-corrected chi connectivity index (χ4v) is 2.78. The van der Waals surface area contributed by atoms with Gasteiger partial charge in [-0.25, -0.2) is 4.98 Å². The molecular formula is C15H24ClN3. The SMILES string of the molecule is CC(C)(C)NC1CCC(Nc2ccc(Cl)cn2)CC1. The van der Waals surface area contributed by atoms with Gasteiger partial charge >= 0.3 is 0 Å². The quantitative estimate of drug-likeness (QED) is 0.884. The van der Waals surface area contributed by atoms with Gasteiger partial charge in [0.2, 0.25) is 0 Å². The van der Waals surface area contributed by atoms with Gasteiger partial charge in [-0.1, -0.05) is 11.6 Å². The van der Waals surface area contributed by atoms with Crippen molar-refractivity contribution in [3.8, 4) is 0 Å². The van der Waals surface area contributed by atoms with Crippen LogP contribution in [0.25, 0.3) is 0 Å². The Morgan fingerprint density at radius 1 is 1.11 bits per heavy atom. The zero-order valence-electron chi connectivity index (χ0n) is 12.0. The Kier molecular flexibility index (Phi) is 4.69. The Hall–Kier alpha value is -0.800. The number of nitrogens with zero attached hydrogens (tertiary/aromatic N) is 1. The van der Waals surface area contributed by atoms with Crippen LogP contribution in [0.15, 0.2) is 18.3 Å². The monoisotopic (exact) mass is 281 g/mol. The highest BCUT2D eigenvalue weighted by Gasteiger charge is 2.24. The van der Waals surface area contributed by atoms with Crippen LogP contribution in [0.1, 0.15) is 46.5 Å². The minimum atomic E-state index is 0.211. The molecule has 0 unspecified atom stereocenters. The van der Waals surface area contributed by atoms with E-state index < -0.39 is 0 Å². The second-order valence-corrected chi connectivity index (χ2v) is 6.89. The first-order chi connectivity index (χ1) is 8.92. The Morgan fingerprint density at radius 2 is 1.74 bits per heavy atom. The molecule has 0 aliphatic heterocycles. The van der Waals surface area contributed by atoms with E-state index in [1.807, 2.05) is 12.1 Å². The molecule has 106 valence electrons. The zero-order chi connectivity index (χ0) is 13.9. The number of hydrogen-bond acceptors (Lipinski definition) is 3. The van der Waals surface area contributed by atoms with E-state index in [1.54, 1.807) is 6.20 Å². The molecule has 19 heavy (non-hydrogen) atoms. The summed E-state index contributed by atoms with van der Waals surface area (Å²) in [5.41, 5.74) is 0.211. The van der Waals surface area contributed by atoms with Crippen molar-refractivity contribution in [2.75, 3.05) is 5.32 Å². The molecule has 2 N–H and O–H groups in total. The van der Waals surface area contributed by atoms with Crippen molar-refractivity contribution in [3.63, 3.8) is 0 Å². The Bertz CT molecular complexity index is 389. The Morgan fingerprint density at radius 3 is 2.26 bits per heavy atom. The fraction of sp³-hybridized carbons (Fsp3) is 0.667. The second-order valence-electron chi connectivity index (χ2n) is 6.45. The number of anilines is 1. The number of hydrogen-bond donors (Lipinski definition) is 2. The van der Waals surface area contributed by atoms with Gasteiger partial charge in [-0.05, 0) is 58.6 Å². The van der Waals surface area contributed by atoms with Crippen LogP contribution in [-0.2, 0) is 0 Å². The van der Waals surface area contributed by atoms with E-state index in [0.717, 1.165) is 5.82 Å². The Labute approximate surface area is 121 Å². The topological polar surface area (TPSA) is 37.0 Å². The number of pyridine rings is 1. The van der Waals surface area contributed by atoms with E-state index >= 15 is 0 Å². The minimum absolute atomic E-state index is 0.211. The molecule has 1 aliphatic carbocycles. The normalized spacial score (nSPS) is 24.2. The summed E-state index contributed by atoms with van der Waals surface area (Å²) in [6.07, 6.45) is 6.53. The van der Waals surface area contributed by atoms with Crippen LogP contribution in [0.3, 0.4) is 0 Å². The minimum Gasteiger partial charge on any atom is -0.367 e. The second kappa shape index (κ2) is 6.10. The third-order valence-corrected chi connectivity index (χ3v) is 3.67. The van der Waals surface area contributed by atoms with Crippen LogP contribution in [0, 0.1) is 0 Å². The number of nitrogens with one attached hydrogen (secondary N) is 2. The van der Waals surface area contributed by atoms with Gasteiger partial charge in [0.15, 0.2) is 0 Å².